The summed E-state index contributed by atoms with van der Waals surface area (Å²) < 4.78 is -0.220. The van der Waals surface area contributed by atoms with E-state index in [0.717, 1.165) is 19.3 Å². The summed E-state index contributed by atoms with van der Waals surface area (Å²) in [5, 5.41) is -0.229. The lowest BCUT2D eigenvalue weighted by atomic mass is 10.0. The van der Waals surface area contributed by atoms with Crippen molar-refractivity contribution in [3.8, 4) is 0 Å². The van der Waals surface area contributed by atoms with Gasteiger partial charge in [0.2, 0.25) is 5.24 Å². The summed E-state index contributed by atoms with van der Waals surface area (Å²) >= 11 is 12.3. The van der Waals surface area contributed by atoms with Crippen LogP contribution in [-0.2, 0) is 4.79 Å². The first-order valence-corrected chi connectivity index (χ1v) is 5.50. The van der Waals surface area contributed by atoms with Gasteiger partial charge in [0.05, 0.1) is 8.65 Å². The highest BCUT2D eigenvalue weighted by Gasteiger charge is 2.68. The molecule has 0 aromatic carbocycles. The van der Waals surface area contributed by atoms with Crippen molar-refractivity contribution >= 4 is 48.7 Å². The molecule has 0 radical (unpaired) electrons. The van der Waals surface area contributed by atoms with Crippen molar-refractivity contribution in [1.29, 1.82) is 0 Å². The van der Waals surface area contributed by atoms with E-state index >= 15 is 0 Å². The van der Waals surface area contributed by atoms with E-state index in [4.69, 9.17) is 11.6 Å². The van der Waals surface area contributed by atoms with Gasteiger partial charge in [-0.15, -0.1) is 0 Å². The molecule has 1 saturated carbocycles. The molecule has 0 bridgehead atoms. The van der Waals surface area contributed by atoms with Crippen molar-refractivity contribution in [2.75, 3.05) is 0 Å². The molecule has 0 aliphatic heterocycles. The fourth-order valence-electron chi connectivity index (χ4n) is 1.34. The average Bonchev–Trinajstić information content (AvgIpc) is 2.36. The Kier molecular flexibility index (Phi) is 2.73. The Hall–Kier alpha value is 0.920. The Morgan fingerprint density at radius 3 is 2.18 bits per heavy atom. The van der Waals surface area contributed by atoms with Crippen molar-refractivity contribution in [1.82, 2.24) is 0 Å². The van der Waals surface area contributed by atoms with Gasteiger partial charge in [0.25, 0.3) is 0 Å². The normalized spacial score (nSPS) is 33.5. The van der Waals surface area contributed by atoms with E-state index in [0.29, 0.717) is 0 Å². The molecule has 4 heteroatoms. The van der Waals surface area contributed by atoms with Gasteiger partial charge in [-0.05, 0) is 24.4 Å². The third-order valence-corrected chi connectivity index (χ3v) is 4.59. The van der Waals surface area contributed by atoms with Crippen molar-refractivity contribution in [3.05, 3.63) is 0 Å². The topological polar surface area (TPSA) is 17.1 Å². The maximum atomic E-state index is 11.0. The first-order chi connectivity index (χ1) is 4.96. The second kappa shape index (κ2) is 3.00. The molecule has 0 N–H and O–H groups in total. The molecule has 1 aliphatic carbocycles. The molecule has 0 aromatic rings. The van der Waals surface area contributed by atoms with Gasteiger partial charge in [-0.25, -0.2) is 0 Å². The van der Waals surface area contributed by atoms with Gasteiger partial charge in [-0.1, -0.05) is 45.2 Å². The number of halogens is 3. The van der Waals surface area contributed by atoms with Crippen LogP contribution in [0.5, 0.6) is 0 Å². The zero-order chi connectivity index (χ0) is 8.70. The van der Waals surface area contributed by atoms with Gasteiger partial charge >= 0.3 is 0 Å². The highest BCUT2D eigenvalue weighted by molar-refractivity contribution is 9.25. The second-order valence-electron chi connectivity index (χ2n) is 2.99. The van der Waals surface area contributed by atoms with Gasteiger partial charge in [0.1, 0.15) is 0 Å². The van der Waals surface area contributed by atoms with Gasteiger partial charge in [0, 0.05) is 0 Å². The first-order valence-electron chi connectivity index (χ1n) is 3.54. The van der Waals surface area contributed by atoms with Crippen LogP contribution in [0.3, 0.4) is 0 Å². The lowest BCUT2D eigenvalue weighted by Gasteiger charge is -2.11. The number of hydrogen-bond donors (Lipinski definition) is 0. The van der Waals surface area contributed by atoms with E-state index < -0.39 is 0 Å². The van der Waals surface area contributed by atoms with Gasteiger partial charge in [0.15, 0.2) is 0 Å². The van der Waals surface area contributed by atoms with Crippen LogP contribution >= 0.6 is 43.5 Å². The Morgan fingerprint density at radius 1 is 1.64 bits per heavy atom. The third-order valence-electron chi connectivity index (χ3n) is 2.15. The predicted molar refractivity (Wildman–Crippen MR) is 53.4 cm³/mol. The molecule has 1 fully saturated rings. The largest absolute Gasteiger partial charge is 0.281 e. The third kappa shape index (κ3) is 1.52. The van der Waals surface area contributed by atoms with Crippen molar-refractivity contribution in [2.24, 2.45) is 5.41 Å². The van der Waals surface area contributed by atoms with Gasteiger partial charge < -0.3 is 0 Å². The molecule has 0 saturated heterocycles. The molecule has 0 heterocycles. The minimum atomic E-state index is -0.344. The molecule has 0 aromatic heterocycles. The monoisotopic (exact) mass is 302 g/mol. The Bertz CT molecular complexity index is 193. The standard InChI is InChI=1S/C7H9Br2ClO/c1-2-3-6(5(10)11)4-7(6,8)9/h2-4H2,1H3. The summed E-state index contributed by atoms with van der Waals surface area (Å²) in [5.41, 5.74) is -0.344. The van der Waals surface area contributed by atoms with Crippen LogP contribution in [0.1, 0.15) is 26.2 Å². The van der Waals surface area contributed by atoms with Crippen LogP contribution in [0.4, 0.5) is 0 Å². The molecule has 0 amide bonds. The summed E-state index contributed by atoms with van der Waals surface area (Å²) in [6.45, 7) is 2.05. The fourth-order valence-corrected chi connectivity index (χ4v) is 3.61. The van der Waals surface area contributed by atoms with Crippen molar-refractivity contribution < 1.29 is 4.79 Å². The van der Waals surface area contributed by atoms with E-state index in [1.165, 1.54) is 0 Å². The Balaban J connectivity index is 2.71. The van der Waals surface area contributed by atoms with Crippen LogP contribution in [0, 0.1) is 5.41 Å². The number of alkyl halides is 2. The van der Waals surface area contributed by atoms with Gasteiger partial charge in [-0.3, -0.25) is 4.79 Å². The number of carbonyl (C=O) groups is 1. The van der Waals surface area contributed by atoms with E-state index in [9.17, 15) is 4.79 Å². The van der Waals surface area contributed by atoms with Crippen LogP contribution < -0.4 is 0 Å². The fraction of sp³-hybridized carbons (Fsp3) is 0.857. The maximum Gasteiger partial charge on any atom is 0.230 e. The lowest BCUT2D eigenvalue weighted by Crippen LogP contribution is -2.16. The van der Waals surface area contributed by atoms with E-state index in [1.807, 2.05) is 0 Å². The molecule has 1 nitrogen and oxygen atoms in total. The smallest absolute Gasteiger partial charge is 0.230 e. The molecule has 0 spiro atoms. The van der Waals surface area contributed by atoms with E-state index in [1.54, 1.807) is 0 Å². The minimum Gasteiger partial charge on any atom is -0.281 e. The van der Waals surface area contributed by atoms with Crippen LogP contribution in [0.2, 0.25) is 0 Å². The zero-order valence-electron chi connectivity index (χ0n) is 6.16. The quantitative estimate of drug-likeness (QED) is 0.577. The average molecular weight is 304 g/mol. The van der Waals surface area contributed by atoms with Crippen LogP contribution in [0.25, 0.3) is 0 Å². The summed E-state index contributed by atoms with van der Waals surface area (Å²) in [4.78, 5) is 11.0. The Morgan fingerprint density at radius 2 is 2.09 bits per heavy atom. The summed E-state index contributed by atoms with van der Waals surface area (Å²) in [6, 6.07) is 0. The molecule has 1 atom stereocenters. The number of carbonyl (C=O) groups excluding carboxylic acids is 1. The van der Waals surface area contributed by atoms with E-state index in [2.05, 4.69) is 38.8 Å². The molecule has 1 unspecified atom stereocenters. The lowest BCUT2D eigenvalue weighted by molar-refractivity contribution is -0.116. The molecule has 11 heavy (non-hydrogen) atoms. The maximum absolute atomic E-state index is 11.0. The number of rotatable bonds is 3. The zero-order valence-corrected chi connectivity index (χ0v) is 10.1. The summed E-state index contributed by atoms with van der Waals surface area (Å²) in [7, 11) is 0. The number of hydrogen-bond acceptors (Lipinski definition) is 1. The molecular formula is C7H9Br2ClO. The van der Waals surface area contributed by atoms with Crippen molar-refractivity contribution in [2.45, 2.75) is 29.4 Å². The molecule has 64 valence electrons. The first kappa shape index (κ1) is 10.0. The summed E-state index contributed by atoms with van der Waals surface area (Å²) in [6.07, 6.45) is 2.64. The van der Waals surface area contributed by atoms with Crippen molar-refractivity contribution in [3.63, 3.8) is 0 Å². The summed E-state index contributed by atoms with van der Waals surface area (Å²) in [5.74, 6) is 0. The van der Waals surface area contributed by atoms with E-state index in [-0.39, 0.29) is 13.9 Å². The minimum absolute atomic E-state index is 0.220. The highest BCUT2D eigenvalue weighted by atomic mass is 79.9. The van der Waals surface area contributed by atoms with Crippen LogP contribution in [-0.4, -0.2) is 8.48 Å². The molecular weight excluding hydrogens is 295 g/mol. The highest BCUT2D eigenvalue weighted by Crippen LogP contribution is 2.69. The molecule has 1 aliphatic rings. The Labute approximate surface area is 88.1 Å². The SMILES string of the molecule is CCCC1(C(=O)Cl)CC1(Br)Br. The predicted octanol–water partition coefficient (Wildman–Crippen LogP) is 3.43. The molecule has 1 rings (SSSR count). The second-order valence-corrected chi connectivity index (χ2v) is 7.10. The van der Waals surface area contributed by atoms with Gasteiger partial charge in [-0.2, -0.15) is 0 Å². The van der Waals surface area contributed by atoms with Crippen LogP contribution in [0.15, 0.2) is 0 Å².